The number of rotatable bonds is 3. The van der Waals surface area contributed by atoms with Crippen molar-refractivity contribution >= 4 is 0 Å². The van der Waals surface area contributed by atoms with Gasteiger partial charge in [-0.3, -0.25) is 0 Å². The first-order chi connectivity index (χ1) is 9.06. The molecular formula is C16H18FNO. The molecule has 0 aliphatic carbocycles. The number of benzene rings is 2. The minimum atomic E-state index is -0.491. The molecule has 0 saturated carbocycles. The van der Waals surface area contributed by atoms with Crippen LogP contribution < -0.4 is 10.5 Å². The van der Waals surface area contributed by atoms with Gasteiger partial charge in [0.1, 0.15) is 0 Å². The molecular weight excluding hydrogens is 241 g/mol. The molecule has 0 heterocycles. The molecule has 0 radical (unpaired) electrons. The van der Waals surface area contributed by atoms with Crippen LogP contribution in [0, 0.1) is 19.7 Å². The van der Waals surface area contributed by atoms with Crippen molar-refractivity contribution in [2.24, 2.45) is 5.73 Å². The molecule has 2 nitrogen and oxygen atoms in total. The fourth-order valence-electron chi connectivity index (χ4n) is 2.20. The Morgan fingerprint density at radius 3 is 2.37 bits per heavy atom. The molecule has 2 N–H and O–H groups in total. The van der Waals surface area contributed by atoms with Crippen LogP contribution in [0.4, 0.5) is 4.39 Å². The molecule has 0 spiro atoms. The monoisotopic (exact) mass is 259 g/mol. The molecule has 0 fully saturated rings. The Bertz CT molecular complexity index is 595. The molecule has 1 atom stereocenters. The summed E-state index contributed by atoms with van der Waals surface area (Å²) < 4.78 is 19.2. The third kappa shape index (κ3) is 2.47. The number of ether oxygens (including phenoxy) is 1. The molecule has 0 aromatic heterocycles. The highest BCUT2D eigenvalue weighted by atomic mass is 19.1. The summed E-state index contributed by atoms with van der Waals surface area (Å²) in [7, 11) is 1.45. The molecule has 0 saturated heterocycles. The molecule has 0 bridgehead atoms. The summed E-state index contributed by atoms with van der Waals surface area (Å²) in [5, 5.41) is 0. The number of aryl methyl sites for hydroxylation is 1. The molecule has 100 valence electrons. The summed E-state index contributed by atoms with van der Waals surface area (Å²) in [5.74, 6) is -0.170. The Balaban J connectivity index is 2.50. The van der Waals surface area contributed by atoms with Crippen molar-refractivity contribution in [3.63, 3.8) is 0 Å². The standard InChI is InChI=1S/C16H18FNO/c1-10-6-4-7-12(11(10)2)16(18)13-8-5-9-14(19-3)15(13)17/h4-9,16H,18H2,1-3H3. The second-order valence-corrected chi connectivity index (χ2v) is 4.63. The Labute approximate surface area is 113 Å². The first-order valence-electron chi connectivity index (χ1n) is 6.20. The quantitative estimate of drug-likeness (QED) is 0.915. The molecule has 0 aliphatic rings. The first-order valence-corrected chi connectivity index (χ1v) is 6.20. The van der Waals surface area contributed by atoms with E-state index in [0.29, 0.717) is 5.56 Å². The van der Waals surface area contributed by atoms with Gasteiger partial charge in [0.25, 0.3) is 0 Å². The van der Waals surface area contributed by atoms with Gasteiger partial charge >= 0.3 is 0 Å². The van der Waals surface area contributed by atoms with Crippen LogP contribution >= 0.6 is 0 Å². The van der Waals surface area contributed by atoms with Crippen molar-refractivity contribution in [1.29, 1.82) is 0 Å². The van der Waals surface area contributed by atoms with Crippen molar-refractivity contribution in [3.8, 4) is 5.75 Å². The van der Waals surface area contributed by atoms with Gasteiger partial charge in [0.2, 0.25) is 0 Å². The SMILES string of the molecule is COc1cccc(C(N)c2cccc(C)c2C)c1F. The van der Waals surface area contributed by atoms with Crippen molar-refractivity contribution in [2.45, 2.75) is 19.9 Å². The van der Waals surface area contributed by atoms with E-state index in [9.17, 15) is 4.39 Å². The fraction of sp³-hybridized carbons (Fsp3) is 0.250. The van der Waals surface area contributed by atoms with E-state index in [2.05, 4.69) is 0 Å². The van der Waals surface area contributed by atoms with Crippen molar-refractivity contribution < 1.29 is 9.13 Å². The topological polar surface area (TPSA) is 35.2 Å². The minimum absolute atomic E-state index is 0.221. The van der Waals surface area contributed by atoms with E-state index in [1.54, 1.807) is 18.2 Å². The molecule has 0 aliphatic heterocycles. The van der Waals surface area contributed by atoms with Crippen LogP contribution in [-0.2, 0) is 0 Å². The van der Waals surface area contributed by atoms with Crippen LogP contribution in [0.3, 0.4) is 0 Å². The van der Waals surface area contributed by atoms with Gasteiger partial charge in [0.15, 0.2) is 11.6 Å². The van der Waals surface area contributed by atoms with Crippen molar-refractivity contribution in [2.75, 3.05) is 7.11 Å². The zero-order valence-corrected chi connectivity index (χ0v) is 11.4. The molecule has 2 rings (SSSR count). The van der Waals surface area contributed by atoms with Crippen LogP contribution in [-0.4, -0.2) is 7.11 Å². The van der Waals surface area contributed by atoms with E-state index in [4.69, 9.17) is 10.5 Å². The van der Waals surface area contributed by atoms with Crippen LogP contribution in [0.1, 0.15) is 28.3 Å². The lowest BCUT2D eigenvalue weighted by Crippen LogP contribution is -2.15. The maximum Gasteiger partial charge on any atom is 0.170 e. The lowest BCUT2D eigenvalue weighted by Gasteiger charge is -2.18. The van der Waals surface area contributed by atoms with Gasteiger partial charge in [-0.2, -0.15) is 0 Å². The highest BCUT2D eigenvalue weighted by Gasteiger charge is 2.18. The third-order valence-electron chi connectivity index (χ3n) is 3.53. The van der Waals surface area contributed by atoms with E-state index in [1.807, 2.05) is 32.0 Å². The number of nitrogens with two attached hydrogens (primary N) is 1. The van der Waals surface area contributed by atoms with Gasteiger partial charge in [0.05, 0.1) is 13.2 Å². The van der Waals surface area contributed by atoms with Gasteiger partial charge in [-0.05, 0) is 36.6 Å². The Morgan fingerprint density at radius 1 is 1.05 bits per heavy atom. The number of halogens is 1. The third-order valence-corrected chi connectivity index (χ3v) is 3.53. The normalized spacial score (nSPS) is 12.3. The first kappa shape index (κ1) is 13.6. The van der Waals surface area contributed by atoms with Gasteiger partial charge in [0, 0.05) is 5.56 Å². The summed E-state index contributed by atoms with van der Waals surface area (Å²) in [5.41, 5.74) is 9.85. The summed E-state index contributed by atoms with van der Waals surface area (Å²) in [4.78, 5) is 0. The van der Waals surface area contributed by atoms with E-state index < -0.39 is 11.9 Å². The summed E-state index contributed by atoms with van der Waals surface area (Å²) in [6, 6.07) is 10.4. The smallest absolute Gasteiger partial charge is 0.170 e. The number of methoxy groups -OCH3 is 1. The van der Waals surface area contributed by atoms with E-state index in [-0.39, 0.29) is 5.75 Å². The Hall–Kier alpha value is -1.87. The average molecular weight is 259 g/mol. The molecule has 2 aromatic carbocycles. The maximum atomic E-state index is 14.2. The highest BCUT2D eigenvalue weighted by molar-refractivity contribution is 5.43. The maximum absolute atomic E-state index is 14.2. The lowest BCUT2D eigenvalue weighted by atomic mass is 9.93. The average Bonchev–Trinajstić information content (AvgIpc) is 2.41. The Morgan fingerprint density at radius 2 is 1.68 bits per heavy atom. The van der Waals surface area contributed by atoms with Gasteiger partial charge in [-0.25, -0.2) is 4.39 Å². The highest BCUT2D eigenvalue weighted by Crippen LogP contribution is 2.29. The predicted molar refractivity (Wildman–Crippen MR) is 74.9 cm³/mol. The second kappa shape index (κ2) is 5.41. The van der Waals surface area contributed by atoms with Crippen LogP contribution in [0.25, 0.3) is 0 Å². The lowest BCUT2D eigenvalue weighted by molar-refractivity contribution is 0.383. The summed E-state index contributed by atoms with van der Waals surface area (Å²) in [6.07, 6.45) is 0. The van der Waals surface area contributed by atoms with Crippen molar-refractivity contribution in [3.05, 3.63) is 64.5 Å². The summed E-state index contributed by atoms with van der Waals surface area (Å²) >= 11 is 0. The van der Waals surface area contributed by atoms with E-state index in [1.165, 1.54) is 7.11 Å². The van der Waals surface area contributed by atoms with Crippen LogP contribution in [0.5, 0.6) is 5.75 Å². The molecule has 2 aromatic rings. The fourth-order valence-corrected chi connectivity index (χ4v) is 2.20. The minimum Gasteiger partial charge on any atom is -0.494 e. The van der Waals surface area contributed by atoms with Gasteiger partial charge in [-0.15, -0.1) is 0 Å². The number of hydrogen-bond donors (Lipinski definition) is 1. The zero-order valence-electron chi connectivity index (χ0n) is 11.4. The Kier molecular flexibility index (Phi) is 3.86. The van der Waals surface area contributed by atoms with Crippen LogP contribution in [0.2, 0.25) is 0 Å². The predicted octanol–water partition coefficient (Wildman–Crippen LogP) is 3.50. The zero-order chi connectivity index (χ0) is 14.0. The second-order valence-electron chi connectivity index (χ2n) is 4.63. The van der Waals surface area contributed by atoms with Crippen LogP contribution in [0.15, 0.2) is 36.4 Å². The molecule has 1 unspecified atom stereocenters. The number of hydrogen-bond acceptors (Lipinski definition) is 2. The van der Waals surface area contributed by atoms with E-state index >= 15 is 0 Å². The van der Waals surface area contributed by atoms with Crippen molar-refractivity contribution in [1.82, 2.24) is 0 Å². The van der Waals surface area contributed by atoms with Gasteiger partial charge in [-0.1, -0.05) is 30.3 Å². The summed E-state index contributed by atoms with van der Waals surface area (Å²) in [6.45, 7) is 4.02. The van der Waals surface area contributed by atoms with Gasteiger partial charge < -0.3 is 10.5 Å². The largest absolute Gasteiger partial charge is 0.494 e. The molecule has 3 heteroatoms. The molecule has 19 heavy (non-hydrogen) atoms. The van der Waals surface area contributed by atoms with E-state index in [0.717, 1.165) is 16.7 Å². The molecule has 0 amide bonds.